The van der Waals surface area contributed by atoms with Crippen LogP contribution in [-0.2, 0) is 0 Å². The molecule has 0 radical (unpaired) electrons. The van der Waals surface area contributed by atoms with Crippen molar-refractivity contribution in [1.82, 2.24) is 0 Å². The number of halogens is 1. The van der Waals surface area contributed by atoms with Gasteiger partial charge in [-0.25, -0.2) is 4.39 Å². The highest BCUT2D eigenvalue weighted by atomic mass is 19.1. The Morgan fingerprint density at radius 2 is 2.13 bits per heavy atom. The molecule has 0 amide bonds. The van der Waals surface area contributed by atoms with Gasteiger partial charge in [-0.05, 0) is 42.4 Å². The maximum Gasteiger partial charge on any atom is 0.146 e. The summed E-state index contributed by atoms with van der Waals surface area (Å²) in [5, 5.41) is 0. The number of hydrogen-bond donors (Lipinski definition) is 1. The average molecular weight is 207 g/mol. The van der Waals surface area contributed by atoms with Crippen molar-refractivity contribution in [3.63, 3.8) is 0 Å². The van der Waals surface area contributed by atoms with Crippen LogP contribution in [0.25, 0.3) is 0 Å². The molecule has 1 saturated carbocycles. The fraction of sp³-hybridized carbons (Fsp3) is 0.538. The molecule has 0 heterocycles. The zero-order chi connectivity index (χ0) is 10.8. The minimum absolute atomic E-state index is 0.283. The second-order valence-corrected chi connectivity index (χ2v) is 4.75. The van der Waals surface area contributed by atoms with Crippen LogP contribution in [0.3, 0.4) is 0 Å². The van der Waals surface area contributed by atoms with Gasteiger partial charge >= 0.3 is 0 Å². The first kappa shape index (κ1) is 10.5. The number of benzene rings is 1. The Hall–Kier alpha value is -1.05. The third-order valence-corrected chi connectivity index (χ3v) is 3.43. The molecule has 0 spiro atoms. The summed E-state index contributed by atoms with van der Waals surface area (Å²) in [7, 11) is 0. The SMILES string of the molecule is C[C@@H]1CCC[C@@H](c2ccc(F)c(N)c2)C1. The first-order chi connectivity index (χ1) is 7.16. The van der Waals surface area contributed by atoms with Crippen molar-refractivity contribution in [3.8, 4) is 0 Å². The summed E-state index contributed by atoms with van der Waals surface area (Å²) in [6, 6.07) is 5.18. The quantitative estimate of drug-likeness (QED) is 0.698. The van der Waals surface area contributed by atoms with E-state index in [4.69, 9.17) is 5.73 Å². The minimum Gasteiger partial charge on any atom is -0.396 e. The molecule has 1 aromatic rings. The van der Waals surface area contributed by atoms with Crippen molar-refractivity contribution in [2.24, 2.45) is 5.92 Å². The highest BCUT2D eigenvalue weighted by molar-refractivity contribution is 5.43. The number of nitrogen functional groups attached to an aromatic ring is 1. The van der Waals surface area contributed by atoms with Gasteiger partial charge in [-0.3, -0.25) is 0 Å². The van der Waals surface area contributed by atoms with Crippen LogP contribution in [0.4, 0.5) is 10.1 Å². The first-order valence-electron chi connectivity index (χ1n) is 5.71. The van der Waals surface area contributed by atoms with Crippen LogP contribution in [0.5, 0.6) is 0 Å². The Morgan fingerprint density at radius 3 is 2.80 bits per heavy atom. The highest BCUT2D eigenvalue weighted by Gasteiger charge is 2.20. The molecule has 0 bridgehead atoms. The van der Waals surface area contributed by atoms with Crippen LogP contribution in [0.2, 0.25) is 0 Å². The molecule has 0 aromatic heterocycles. The molecule has 2 heteroatoms. The summed E-state index contributed by atoms with van der Waals surface area (Å²) in [5.74, 6) is 1.06. The summed E-state index contributed by atoms with van der Waals surface area (Å²) in [4.78, 5) is 0. The number of rotatable bonds is 1. The monoisotopic (exact) mass is 207 g/mol. The third-order valence-electron chi connectivity index (χ3n) is 3.43. The average Bonchev–Trinajstić information content (AvgIpc) is 2.22. The van der Waals surface area contributed by atoms with E-state index < -0.39 is 0 Å². The third kappa shape index (κ3) is 2.31. The predicted molar refractivity (Wildman–Crippen MR) is 61.2 cm³/mol. The van der Waals surface area contributed by atoms with Gasteiger partial charge in [0.25, 0.3) is 0 Å². The smallest absolute Gasteiger partial charge is 0.146 e. The number of anilines is 1. The molecule has 1 aliphatic rings. The van der Waals surface area contributed by atoms with Gasteiger partial charge in [-0.2, -0.15) is 0 Å². The minimum atomic E-state index is -0.303. The van der Waals surface area contributed by atoms with Crippen LogP contribution in [0.15, 0.2) is 18.2 Å². The van der Waals surface area contributed by atoms with E-state index in [9.17, 15) is 4.39 Å². The van der Waals surface area contributed by atoms with Crippen LogP contribution in [-0.4, -0.2) is 0 Å². The Kier molecular flexibility index (Phi) is 2.94. The lowest BCUT2D eigenvalue weighted by Gasteiger charge is -2.27. The van der Waals surface area contributed by atoms with Gasteiger partial charge in [0, 0.05) is 0 Å². The number of hydrogen-bond acceptors (Lipinski definition) is 1. The van der Waals surface area contributed by atoms with Gasteiger partial charge in [0.05, 0.1) is 5.69 Å². The van der Waals surface area contributed by atoms with E-state index in [2.05, 4.69) is 6.92 Å². The topological polar surface area (TPSA) is 26.0 Å². The van der Waals surface area contributed by atoms with Gasteiger partial charge in [0.1, 0.15) is 5.82 Å². The van der Waals surface area contributed by atoms with Crippen molar-refractivity contribution in [3.05, 3.63) is 29.6 Å². The highest BCUT2D eigenvalue weighted by Crippen LogP contribution is 2.36. The van der Waals surface area contributed by atoms with Crippen molar-refractivity contribution >= 4 is 5.69 Å². The van der Waals surface area contributed by atoms with Crippen LogP contribution in [0, 0.1) is 11.7 Å². The van der Waals surface area contributed by atoms with Gasteiger partial charge in [0.2, 0.25) is 0 Å². The molecule has 0 unspecified atom stereocenters. The van der Waals surface area contributed by atoms with Gasteiger partial charge in [0.15, 0.2) is 0 Å². The Bertz CT molecular complexity index is 348. The molecule has 82 valence electrons. The molecule has 2 atom stereocenters. The largest absolute Gasteiger partial charge is 0.396 e. The number of nitrogens with two attached hydrogens (primary N) is 1. The molecule has 0 aliphatic heterocycles. The fourth-order valence-electron chi connectivity index (χ4n) is 2.55. The van der Waals surface area contributed by atoms with Gasteiger partial charge in [-0.15, -0.1) is 0 Å². The predicted octanol–water partition coefficient (Wildman–Crippen LogP) is 3.70. The summed E-state index contributed by atoms with van der Waals surface area (Å²) >= 11 is 0. The molecule has 1 fully saturated rings. The van der Waals surface area contributed by atoms with E-state index in [0.29, 0.717) is 5.92 Å². The van der Waals surface area contributed by atoms with E-state index in [1.165, 1.54) is 37.3 Å². The van der Waals surface area contributed by atoms with Crippen molar-refractivity contribution < 1.29 is 4.39 Å². The zero-order valence-electron chi connectivity index (χ0n) is 9.17. The molecule has 2 N–H and O–H groups in total. The van der Waals surface area contributed by atoms with E-state index in [0.717, 1.165) is 5.92 Å². The van der Waals surface area contributed by atoms with Crippen molar-refractivity contribution in [2.45, 2.75) is 38.5 Å². The van der Waals surface area contributed by atoms with Gasteiger partial charge in [-0.1, -0.05) is 25.8 Å². The lowest BCUT2D eigenvalue weighted by Crippen LogP contribution is -2.12. The summed E-state index contributed by atoms with van der Waals surface area (Å²) in [5.41, 5.74) is 7.08. The van der Waals surface area contributed by atoms with E-state index in [-0.39, 0.29) is 11.5 Å². The maximum absolute atomic E-state index is 13.0. The van der Waals surface area contributed by atoms with E-state index >= 15 is 0 Å². The lowest BCUT2D eigenvalue weighted by molar-refractivity contribution is 0.344. The molecular weight excluding hydrogens is 189 g/mol. The summed E-state index contributed by atoms with van der Waals surface area (Å²) < 4.78 is 13.0. The lowest BCUT2D eigenvalue weighted by atomic mass is 9.79. The Morgan fingerprint density at radius 1 is 1.33 bits per heavy atom. The van der Waals surface area contributed by atoms with E-state index in [1.54, 1.807) is 6.07 Å². The molecule has 15 heavy (non-hydrogen) atoms. The molecule has 1 aromatic carbocycles. The van der Waals surface area contributed by atoms with Crippen molar-refractivity contribution in [1.29, 1.82) is 0 Å². The van der Waals surface area contributed by atoms with Crippen LogP contribution >= 0.6 is 0 Å². The maximum atomic E-state index is 13.0. The molecule has 1 aliphatic carbocycles. The van der Waals surface area contributed by atoms with Gasteiger partial charge < -0.3 is 5.73 Å². The second kappa shape index (κ2) is 4.21. The second-order valence-electron chi connectivity index (χ2n) is 4.75. The molecule has 2 rings (SSSR count). The Balaban J connectivity index is 2.18. The summed E-state index contributed by atoms with van der Waals surface area (Å²) in [6.45, 7) is 2.29. The normalized spacial score (nSPS) is 26.5. The zero-order valence-corrected chi connectivity index (χ0v) is 9.17. The summed E-state index contributed by atoms with van der Waals surface area (Å²) in [6.07, 6.45) is 5.04. The molecular formula is C13H18FN. The molecule has 0 saturated heterocycles. The molecule has 1 nitrogen and oxygen atoms in total. The fourth-order valence-corrected chi connectivity index (χ4v) is 2.55. The standard InChI is InChI=1S/C13H18FN/c1-9-3-2-4-10(7-9)11-5-6-12(14)13(15)8-11/h5-6,8-10H,2-4,7,15H2,1H3/t9-,10-/m1/s1. The first-order valence-corrected chi connectivity index (χ1v) is 5.71. The Labute approximate surface area is 90.5 Å². The van der Waals surface area contributed by atoms with Crippen molar-refractivity contribution in [2.75, 3.05) is 5.73 Å². The van der Waals surface area contributed by atoms with Crippen LogP contribution in [0.1, 0.15) is 44.1 Å². The van der Waals surface area contributed by atoms with Crippen LogP contribution < -0.4 is 5.73 Å². The van der Waals surface area contributed by atoms with E-state index in [1.807, 2.05) is 6.07 Å².